The predicted octanol–water partition coefficient (Wildman–Crippen LogP) is 1.01. The highest BCUT2D eigenvalue weighted by Gasteiger charge is 2.63. The molecule has 5 nitrogen and oxygen atoms in total. The lowest BCUT2D eigenvalue weighted by molar-refractivity contribution is -0.142. The van der Waals surface area contributed by atoms with E-state index in [0.29, 0.717) is 5.76 Å². The number of allylic oxidation sites excluding steroid dienone is 1. The fourth-order valence-corrected chi connectivity index (χ4v) is 3.29. The number of ketones is 1. The molecule has 94 valence electrons. The second-order valence-electron chi connectivity index (χ2n) is 4.06. The standard InChI is InChI=1S/C11H13BrO5/c1-4(13)17-10-8(14)5-6(7(5)12)9(15-2)11(10)16-3/h5-7,9H,1-3H3/t5-,6+,7+,9+/m0/s1. The number of halogens is 1. The molecule has 0 heterocycles. The second kappa shape index (κ2) is 4.42. The van der Waals surface area contributed by atoms with Crippen LogP contribution in [0.4, 0.5) is 0 Å². The zero-order valence-electron chi connectivity index (χ0n) is 9.73. The number of ether oxygens (including phenoxy) is 3. The summed E-state index contributed by atoms with van der Waals surface area (Å²) < 4.78 is 15.4. The van der Waals surface area contributed by atoms with Gasteiger partial charge in [-0.1, -0.05) is 15.9 Å². The molecule has 6 heteroatoms. The molecule has 2 rings (SSSR count). The molecule has 4 atom stereocenters. The molecule has 0 aromatic heterocycles. The van der Waals surface area contributed by atoms with Gasteiger partial charge in [0.05, 0.1) is 7.11 Å². The number of carbonyl (C=O) groups is 2. The molecule has 0 aliphatic heterocycles. The molecular weight excluding hydrogens is 292 g/mol. The van der Waals surface area contributed by atoms with E-state index in [1.54, 1.807) is 7.11 Å². The van der Waals surface area contributed by atoms with Gasteiger partial charge in [0.25, 0.3) is 0 Å². The second-order valence-corrected chi connectivity index (χ2v) is 5.12. The van der Waals surface area contributed by atoms with Crippen LogP contribution >= 0.6 is 15.9 Å². The summed E-state index contributed by atoms with van der Waals surface area (Å²) in [6, 6.07) is 0. The van der Waals surface area contributed by atoms with Gasteiger partial charge in [-0.25, -0.2) is 0 Å². The summed E-state index contributed by atoms with van der Waals surface area (Å²) in [5.74, 6) is -0.582. The van der Waals surface area contributed by atoms with Gasteiger partial charge in [0, 0.05) is 30.7 Å². The number of esters is 1. The normalized spacial score (nSPS) is 35.4. The number of methoxy groups -OCH3 is 2. The Balaban J connectivity index is 2.38. The van der Waals surface area contributed by atoms with Crippen molar-refractivity contribution in [2.75, 3.05) is 14.2 Å². The Labute approximate surface area is 107 Å². The maximum atomic E-state index is 12.0. The molecule has 0 spiro atoms. The van der Waals surface area contributed by atoms with E-state index < -0.39 is 5.97 Å². The van der Waals surface area contributed by atoms with Crippen molar-refractivity contribution in [3.8, 4) is 0 Å². The Morgan fingerprint density at radius 3 is 2.47 bits per heavy atom. The molecule has 0 amide bonds. The van der Waals surface area contributed by atoms with Crippen molar-refractivity contribution < 1.29 is 23.8 Å². The molecule has 0 aromatic rings. The van der Waals surface area contributed by atoms with E-state index in [9.17, 15) is 9.59 Å². The first-order chi connectivity index (χ1) is 8.02. The fraction of sp³-hybridized carbons (Fsp3) is 0.636. The summed E-state index contributed by atoms with van der Waals surface area (Å²) >= 11 is 3.42. The van der Waals surface area contributed by atoms with Crippen molar-refractivity contribution in [1.29, 1.82) is 0 Å². The minimum absolute atomic E-state index is 0.0185. The monoisotopic (exact) mass is 304 g/mol. The number of carbonyl (C=O) groups excluding carboxylic acids is 2. The number of fused-ring (bicyclic) bond motifs is 1. The Morgan fingerprint density at radius 1 is 1.35 bits per heavy atom. The summed E-state index contributed by atoms with van der Waals surface area (Å²) in [4.78, 5) is 23.1. The van der Waals surface area contributed by atoms with Crippen LogP contribution < -0.4 is 0 Å². The summed E-state index contributed by atoms with van der Waals surface area (Å²) in [5.41, 5.74) is 0. The molecule has 1 fully saturated rings. The van der Waals surface area contributed by atoms with E-state index >= 15 is 0 Å². The molecule has 17 heavy (non-hydrogen) atoms. The van der Waals surface area contributed by atoms with Crippen LogP contribution in [-0.2, 0) is 23.8 Å². The smallest absolute Gasteiger partial charge is 0.308 e. The van der Waals surface area contributed by atoms with E-state index in [2.05, 4.69) is 15.9 Å². The van der Waals surface area contributed by atoms with E-state index in [1.807, 2.05) is 0 Å². The van der Waals surface area contributed by atoms with Crippen LogP contribution in [0.3, 0.4) is 0 Å². The lowest BCUT2D eigenvalue weighted by atomic mass is 10.00. The molecule has 2 aliphatic carbocycles. The summed E-state index contributed by atoms with van der Waals surface area (Å²) in [6.45, 7) is 1.25. The van der Waals surface area contributed by atoms with Gasteiger partial charge < -0.3 is 14.2 Å². The first-order valence-electron chi connectivity index (χ1n) is 5.20. The van der Waals surface area contributed by atoms with Gasteiger partial charge >= 0.3 is 5.97 Å². The largest absolute Gasteiger partial charge is 0.494 e. The minimum atomic E-state index is -0.539. The molecule has 0 aromatic carbocycles. The van der Waals surface area contributed by atoms with E-state index in [-0.39, 0.29) is 34.3 Å². The highest BCUT2D eigenvalue weighted by Crippen LogP contribution is 2.55. The zero-order chi connectivity index (χ0) is 12.7. The quantitative estimate of drug-likeness (QED) is 0.575. The van der Waals surface area contributed by atoms with Gasteiger partial charge in [-0.05, 0) is 0 Å². The van der Waals surface area contributed by atoms with Crippen molar-refractivity contribution >= 4 is 27.7 Å². The fourth-order valence-electron chi connectivity index (χ4n) is 2.26. The average Bonchev–Trinajstić information content (AvgIpc) is 2.93. The molecular formula is C11H13BrO5. The molecule has 1 saturated carbocycles. The minimum Gasteiger partial charge on any atom is -0.494 e. The van der Waals surface area contributed by atoms with Crippen molar-refractivity contribution in [3.63, 3.8) is 0 Å². The molecule has 0 bridgehead atoms. The van der Waals surface area contributed by atoms with Crippen LogP contribution in [0.2, 0.25) is 0 Å². The van der Waals surface area contributed by atoms with Gasteiger partial charge in [-0.2, -0.15) is 0 Å². The highest BCUT2D eigenvalue weighted by atomic mass is 79.9. The Morgan fingerprint density at radius 2 is 2.00 bits per heavy atom. The van der Waals surface area contributed by atoms with Gasteiger partial charge in [0.15, 0.2) is 5.76 Å². The van der Waals surface area contributed by atoms with E-state index in [0.717, 1.165) is 0 Å². The third-order valence-electron chi connectivity index (χ3n) is 3.06. The molecule has 2 aliphatic rings. The topological polar surface area (TPSA) is 61.8 Å². The Bertz CT molecular complexity index is 403. The van der Waals surface area contributed by atoms with Gasteiger partial charge in [-0.15, -0.1) is 0 Å². The third-order valence-corrected chi connectivity index (χ3v) is 4.24. The summed E-state index contributed by atoms with van der Waals surface area (Å²) in [5, 5.41) is 0. The van der Waals surface area contributed by atoms with E-state index in [4.69, 9.17) is 14.2 Å². The number of alkyl halides is 1. The number of hydrogen-bond acceptors (Lipinski definition) is 5. The lowest BCUT2D eigenvalue weighted by Gasteiger charge is -2.23. The van der Waals surface area contributed by atoms with Crippen LogP contribution in [0, 0.1) is 11.8 Å². The lowest BCUT2D eigenvalue weighted by Crippen LogP contribution is -2.30. The van der Waals surface area contributed by atoms with Crippen LogP contribution in [0.25, 0.3) is 0 Å². The predicted molar refractivity (Wildman–Crippen MR) is 61.3 cm³/mol. The van der Waals surface area contributed by atoms with Gasteiger partial charge in [0.1, 0.15) is 6.10 Å². The maximum Gasteiger partial charge on any atom is 0.308 e. The van der Waals surface area contributed by atoms with Crippen LogP contribution in [-0.4, -0.2) is 36.9 Å². The third kappa shape index (κ3) is 1.89. The Kier molecular flexibility index (Phi) is 3.27. The van der Waals surface area contributed by atoms with Gasteiger partial charge in [-0.3, -0.25) is 9.59 Å². The zero-order valence-corrected chi connectivity index (χ0v) is 11.3. The van der Waals surface area contributed by atoms with Crippen LogP contribution in [0.5, 0.6) is 0 Å². The van der Waals surface area contributed by atoms with E-state index in [1.165, 1.54) is 14.0 Å². The summed E-state index contributed by atoms with van der Waals surface area (Å²) in [7, 11) is 2.98. The first-order valence-corrected chi connectivity index (χ1v) is 6.12. The van der Waals surface area contributed by atoms with Crippen molar-refractivity contribution in [1.82, 2.24) is 0 Å². The highest BCUT2D eigenvalue weighted by molar-refractivity contribution is 9.09. The average molecular weight is 305 g/mol. The van der Waals surface area contributed by atoms with Crippen LogP contribution in [0.15, 0.2) is 11.5 Å². The van der Waals surface area contributed by atoms with Crippen molar-refractivity contribution in [3.05, 3.63) is 11.5 Å². The molecule has 0 N–H and O–H groups in total. The van der Waals surface area contributed by atoms with Gasteiger partial charge in [0.2, 0.25) is 11.5 Å². The number of rotatable bonds is 3. The molecule has 0 radical (unpaired) electrons. The first kappa shape index (κ1) is 12.6. The van der Waals surface area contributed by atoms with Crippen molar-refractivity contribution in [2.24, 2.45) is 11.8 Å². The number of hydrogen-bond donors (Lipinski definition) is 0. The maximum absolute atomic E-state index is 12.0. The molecule has 0 unspecified atom stereocenters. The summed E-state index contributed by atoms with van der Waals surface area (Å²) in [6.07, 6.45) is -0.346. The number of Topliss-reactive ketones (excluding diaryl/α,β-unsaturated/α-hetero) is 1. The van der Waals surface area contributed by atoms with Crippen molar-refractivity contribution in [2.45, 2.75) is 17.9 Å². The molecule has 0 saturated heterocycles. The van der Waals surface area contributed by atoms with Crippen LogP contribution in [0.1, 0.15) is 6.92 Å². The SMILES string of the molecule is COC1=C(OC(C)=O)C(=O)[C@@H]2[C@@H](Br)[C@@H]2[C@H]1OC. The Hall–Kier alpha value is -0.880.